The molecule has 1 atom stereocenters. The van der Waals surface area contributed by atoms with Crippen molar-refractivity contribution in [2.24, 2.45) is 0 Å². The number of thioether (sulfide) groups is 1. The number of aryl methyl sites for hydroxylation is 2. The molecule has 0 saturated heterocycles. The molecule has 3 aromatic rings. The van der Waals surface area contributed by atoms with E-state index >= 15 is 0 Å². The summed E-state index contributed by atoms with van der Waals surface area (Å²) in [5.41, 5.74) is 2.07. The van der Waals surface area contributed by atoms with Crippen molar-refractivity contribution in [1.29, 1.82) is 0 Å². The van der Waals surface area contributed by atoms with Crippen molar-refractivity contribution >= 4 is 23.4 Å². The molecule has 0 radical (unpaired) electrons. The first-order valence-electron chi connectivity index (χ1n) is 8.91. The highest BCUT2D eigenvalue weighted by molar-refractivity contribution is 8.00. The first-order chi connectivity index (χ1) is 13.7. The van der Waals surface area contributed by atoms with Crippen LogP contribution in [0.25, 0.3) is 5.69 Å². The molecule has 0 spiro atoms. The lowest BCUT2D eigenvalue weighted by atomic mass is 10.1. The van der Waals surface area contributed by atoms with Crippen molar-refractivity contribution < 1.29 is 18.0 Å². The maximum absolute atomic E-state index is 13.1. The fourth-order valence-corrected chi connectivity index (χ4v) is 3.62. The molecule has 1 aromatic heterocycles. The lowest BCUT2D eigenvalue weighted by Crippen LogP contribution is -2.24. The predicted molar refractivity (Wildman–Crippen MR) is 108 cm³/mol. The zero-order chi connectivity index (χ0) is 21.2. The molecule has 4 nitrogen and oxygen atoms in total. The predicted octanol–water partition coefficient (Wildman–Crippen LogP) is 5.63. The fourth-order valence-electron chi connectivity index (χ4n) is 2.73. The minimum absolute atomic E-state index is 0.255. The maximum Gasteiger partial charge on any atom is 0.418 e. The molecule has 0 bridgehead atoms. The van der Waals surface area contributed by atoms with Gasteiger partial charge in [-0.05, 0) is 56.2 Å². The Morgan fingerprint density at radius 1 is 1.14 bits per heavy atom. The summed E-state index contributed by atoms with van der Waals surface area (Å²) in [7, 11) is 0. The Kier molecular flexibility index (Phi) is 6.02. The summed E-state index contributed by atoms with van der Waals surface area (Å²) in [5, 5.41) is 2.32. The fraction of sp³-hybridized carbons (Fsp3) is 0.238. The number of rotatable bonds is 5. The molecule has 0 aliphatic heterocycles. The van der Waals surface area contributed by atoms with Gasteiger partial charge in [0.05, 0.1) is 16.5 Å². The summed E-state index contributed by atoms with van der Waals surface area (Å²) < 4.78 is 41.3. The summed E-state index contributed by atoms with van der Waals surface area (Å²) in [6.07, 6.45) is -1.13. The van der Waals surface area contributed by atoms with Crippen LogP contribution in [0.15, 0.2) is 60.0 Å². The van der Waals surface area contributed by atoms with E-state index in [-0.39, 0.29) is 5.69 Å². The highest BCUT2D eigenvalue weighted by Gasteiger charge is 2.34. The Morgan fingerprint density at radius 2 is 1.86 bits per heavy atom. The quantitative estimate of drug-likeness (QED) is 0.546. The number of halogens is 3. The second-order valence-electron chi connectivity index (χ2n) is 6.64. The van der Waals surface area contributed by atoms with Crippen molar-refractivity contribution in [2.75, 3.05) is 5.32 Å². The van der Waals surface area contributed by atoms with Crippen LogP contribution in [0.1, 0.15) is 23.6 Å². The monoisotopic (exact) mass is 419 g/mol. The van der Waals surface area contributed by atoms with Crippen LogP contribution in [0.5, 0.6) is 0 Å². The third kappa shape index (κ3) is 4.82. The molecule has 0 aliphatic rings. The molecular weight excluding hydrogens is 399 g/mol. The number of aromatic nitrogens is 2. The average Bonchev–Trinajstić information content (AvgIpc) is 3.11. The van der Waals surface area contributed by atoms with Gasteiger partial charge in [0.15, 0.2) is 5.16 Å². The van der Waals surface area contributed by atoms with E-state index in [4.69, 9.17) is 0 Å². The minimum atomic E-state index is -4.54. The van der Waals surface area contributed by atoms with Crippen LogP contribution in [0.3, 0.4) is 0 Å². The summed E-state index contributed by atoms with van der Waals surface area (Å²) in [4.78, 5) is 16.8. The molecule has 2 aromatic carbocycles. The van der Waals surface area contributed by atoms with Crippen LogP contribution < -0.4 is 5.32 Å². The first kappa shape index (κ1) is 21.0. The van der Waals surface area contributed by atoms with E-state index in [1.807, 2.05) is 36.6 Å². The molecule has 29 heavy (non-hydrogen) atoms. The Balaban J connectivity index is 1.77. The third-order valence-corrected chi connectivity index (χ3v) is 5.60. The molecule has 8 heteroatoms. The summed E-state index contributed by atoms with van der Waals surface area (Å²) in [5.74, 6) is -0.527. The van der Waals surface area contributed by atoms with Crippen LogP contribution in [-0.4, -0.2) is 20.7 Å². The number of nitrogens with zero attached hydrogens (tertiary/aromatic N) is 2. The van der Waals surface area contributed by atoms with E-state index in [2.05, 4.69) is 10.3 Å². The van der Waals surface area contributed by atoms with E-state index in [9.17, 15) is 18.0 Å². The van der Waals surface area contributed by atoms with Gasteiger partial charge in [-0.1, -0.05) is 30.0 Å². The largest absolute Gasteiger partial charge is 0.418 e. The number of anilines is 1. The molecule has 1 unspecified atom stereocenters. The second-order valence-corrected chi connectivity index (χ2v) is 7.95. The average molecular weight is 419 g/mol. The summed E-state index contributed by atoms with van der Waals surface area (Å²) >= 11 is 1.18. The zero-order valence-corrected chi connectivity index (χ0v) is 16.9. The van der Waals surface area contributed by atoms with Crippen LogP contribution >= 0.6 is 11.8 Å². The number of amides is 1. The van der Waals surface area contributed by atoms with Crippen LogP contribution in [0.2, 0.25) is 0 Å². The summed E-state index contributed by atoms with van der Waals surface area (Å²) in [6, 6.07) is 10.9. The van der Waals surface area contributed by atoms with E-state index < -0.39 is 22.9 Å². The van der Waals surface area contributed by atoms with Gasteiger partial charge in [-0.25, -0.2) is 4.98 Å². The highest BCUT2D eigenvalue weighted by Crippen LogP contribution is 2.35. The topological polar surface area (TPSA) is 46.9 Å². The van der Waals surface area contributed by atoms with Crippen molar-refractivity contribution in [3.63, 3.8) is 0 Å². The Morgan fingerprint density at radius 3 is 2.55 bits per heavy atom. The van der Waals surface area contributed by atoms with Crippen molar-refractivity contribution in [3.05, 3.63) is 71.5 Å². The number of imidazole rings is 1. The van der Waals surface area contributed by atoms with Crippen molar-refractivity contribution in [2.45, 2.75) is 37.4 Å². The van der Waals surface area contributed by atoms with Gasteiger partial charge in [0, 0.05) is 18.1 Å². The van der Waals surface area contributed by atoms with Gasteiger partial charge in [0.2, 0.25) is 5.91 Å². The first-order valence-corrected chi connectivity index (χ1v) is 9.79. The number of para-hydroxylation sites is 1. The third-order valence-electron chi connectivity index (χ3n) is 4.52. The van der Waals surface area contributed by atoms with Crippen LogP contribution in [-0.2, 0) is 11.0 Å². The lowest BCUT2D eigenvalue weighted by molar-refractivity contribution is -0.137. The van der Waals surface area contributed by atoms with Gasteiger partial charge in [-0.15, -0.1) is 0 Å². The molecule has 3 rings (SSSR count). The Bertz CT molecular complexity index is 1030. The van der Waals surface area contributed by atoms with Gasteiger partial charge < -0.3 is 5.32 Å². The van der Waals surface area contributed by atoms with Crippen LogP contribution in [0, 0.1) is 13.8 Å². The number of hydrogen-bond donors (Lipinski definition) is 1. The Labute approximate surface area is 171 Å². The number of carbonyl (C=O) groups excluding carboxylic acids is 1. The molecule has 1 amide bonds. The standard InChI is InChI=1S/C21H20F3N3OS/c1-13-8-9-16(12-14(13)2)27-11-10-25-20(27)29-15(3)19(28)26-18-7-5-4-6-17(18)21(22,23)24/h4-12,15H,1-3H3,(H,26,28). The number of carbonyl (C=O) groups is 1. The number of hydrogen-bond acceptors (Lipinski definition) is 3. The summed E-state index contributed by atoms with van der Waals surface area (Å²) in [6.45, 7) is 5.67. The number of alkyl halides is 3. The minimum Gasteiger partial charge on any atom is -0.325 e. The second kappa shape index (κ2) is 8.32. The number of benzene rings is 2. The normalized spacial score (nSPS) is 12.6. The molecular formula is C21H20F3N3OS. The lowest BCUT2D eigenvalue weighted by Gasteiger charge is -2.16. The van der Waals surface area contributed by atoms with E-state index in [0.29, 0.717) is 5.16 Å². The van der Waals surface area contributed by atoms with Crippen molar-refractivity contribution in [3.8, 4) is 5.69 Å². The molecule has 1 heterocycles. The van der Waals surface area contributed by atoms with Crippen molar-refractivity contribution in [1.82, 2.24) is 9.55 Å². The van der Waals surface area contributed by atoms with E-state index in [1.165, 1.54) is 35.5 Å². The van der Waals surface area contributed by atoms with E-state index in [0.717, 1.165) is 17.3 Å². The van der Waals surface area contributed by atoms with Gasteiger partial charge in [0.1, 0.15) is 0 Å². The van der Waals surface area contributed by atoms with Gasteiger partial charge in [0.25, 0.3) is 0 Å². The zero-order valence-electron chi connectivity index (χ0n) is 16.1. The molecule has 152 valence electrons. The molecule has 0 fully saturated rings. The smallest absolute Gasteiger partial charge is 0.325 e. The van der Waals surface area contributed by atoms with Gasteiger partial charge in [-0.3, -0.25) is 9.36 Å². The SMILES string of the molecule is Cc1ccc(-n2ccnc2SC(C)C(=O)Nc2ccccc2C(F)(F)F)cc1C. The molecule has 1 N–H and O–H groups in total. The van der Waals surface area contributed by atoms with Crippen LogP contribution in [0.4, 0.5) is 18.9 Å². The van der Waals surface area contributed by atoms with Gasteiger partial charge in [-0.2, -0.15) is 13.2 Å². The van der Waals surface area contributed by atoms with E-state index in [1.54, 1.807) is 19.3 Å². The molecule has 0 aliphatic carbocycles. The Hall–Kier alpha value is -2.74. The molecule has 0 saturated carbocycles. The number of nitrogens with one attached hydrogen (secondary N) is 1. The maximum atomic E-state index is 13.1. The van der Waals surface area contributed by atoms with Gasteiger partial charge >= 0.3 is 6.18 Å². The highest BCUT2D eigenvalue weighted by atomic mass is 32.2.